The summed E-state index contributed by atoms with van der Waals surface area (Å²) in [5, 5.41) is 8.61. The Hall–Kier alpha value is -1.69. The highest BCUT2D eigenvalue weighted by Gasteiger charge is 2.54. The second kappa shape index (κ2) is 8.81. The lowest BCUT2D eigenvalue weighted by Crippen LogP contribution is -2.44. The van der Waals surface area contributed by atoms with Crippen molar-refractivity contribution in [1.82, 2.24) is 0 Å². The maximum absolute atomic E-state index is 11.8. The zero-order valence-corrected chi connectivity index (χ0v) is 17.9. The minimum Gasteiger partial charge on any atom is -0.463 e. The molecule has 0 aliphatic heterocycles. The molecule has 0 saturated heterocycles. The normalized spacial score (nSPS) is 37.5. The van der Waals surface area contributed by atoms with Crippen LogP contribution in [0.4, 0.5) is 0 Å². The van der Waals surface area contributed by atoms with Gasteiger partial charge < -0.3 is 14.6 Å². The maximum Gasteiger partial charge on any atom is 0.344 e. The van der Waals surface area contributed by atoms with E-state index in [-0.39, 0.29) is 0 Å². The van der Waals surface area contributed by atoms with E-state index in [0.29, 0.717) is 29.6 Å². The summed E-state index contributed by atoms with van der Waals surface area (Å²) in [6.45, 7) is 1.65. The Labute approximate surface area is 178 Å². The summed E-state index contributed by atoms with van der Waals surface area (Å²) < 4.78 is 9.82. The summed E-state index contributed by atoms with van der Waals surface area (Å²) in [4.78, 5) is 34.4. The van der Waals surface area contributed by atoms with E-state index in [1.165, 1.54) is 37.7 Å². The molecule has 30 heavy (non-hydrogen) atoms. The number of hydrogen-bond donors (Lipinski definition) is 1. The van der Waals surface area contributed by atoms with Crippen LogP contribution in [0.5, 0.6) is 0 Å². The molecular weight excluding hydrogens is 384 g/mol. The summed E-state index contributed by atoms with van der Waals surface area (Å²) in [5.74, 6) is 2.39. The van der Waals surface area contributed by atoms with Crippen LogP contribution in [0, 0.1) is 35.0 Å². The molecular formula is C24H34O6. The Balaban J connectivity index is 1.30. The largest absolute Gasteiger partial charge is 0.463 e. The molecule has 0 unspecified atom stereocenters. The third kappa shape index (κ3) is 4.34. The third-order valence-electron chi connectivity index (χ3n) is 8.43. The van der Waals surface area contributed by atoms with Crippen molar-refractivity contribution in [3.63, 3.8) is 0 Å². The van der Waals surface area contributed by atoms with Crippen LogP contribution in [0.15, 0.2) is 11.6 Å². The van der Waals surface area contributed by atoms with Gasteiger partial charge in [0.2, 0.25) is 0 Å². The Bertz CT molecular complexity index is 727. The molecule has 0 heterocycles. The smallest absolute Gasteiger partial charge is 0.344 e. The van der Waals surface area contributed by atoms with Gasteiger partial charge in [-0.1, -0.05) is 12.5 Å². The van der Waals surface area contributed by atoms with Gasteiger partial charge in [0, 0.05) is 6.42 Å². The molecule has 6 heteroatoms. The molecule has 0 amide bonds. The molecule has 4 aliphatic carbocycles. The van der Waals surface area contributed by atoms with Gasteiger partial charge in [-0.15, -0.1) is 0 Å². The molecule has 3 fully saturated rings. The monoisotopic (exact) mass is 418 g/mol. The summed E-state index contributed by atoms with van der Waals surface area (Å²) in [5.41, 5.74) is 1.82. The van der Waals surface area contributed by atoms with E-state index in [9.17, 15) is 14.4 Å². The van der Waals surface area contributed by atoms with Crippen LogP contribution < -0.4 is 0 Å². The van der Waals surface area contributed by atoms with Gasteiger partial charge in [-0.05, 0) is 92.4 Å². The predicted molar refractivity (Wildman–Crippen MR) is 109 cm³/mol. The number of esters is 2. The molecule has 0 radical (unpaired) electrons. The number of carbonyl (C=O) groups excluding carboxylic acids is 3. The molecule has 0 aromatic rings. The van der Waals surface area contributed by atoms with Crippen LogP contribution in [0.3, 0.4) is 0 Å². The van der Waals surface area contributed by atoms with E-state index in [2.05, 4.69) is 11.7 Å². The summed E-state index contributed by atoms with van der Waals surface area (Å²) >= 11 is 0. The van der Waals surface area contributed by atoms with Gasteiger partial charge in [-0.25, -0.2) is 9.59 Å². The van der Waals surface area contributed by atoms with E-state index in [1.807, 2.05) is 6.08 Å². The Morgan fingerprint density at radius 3 is 2.77 bits per heavy atom. The van der Waals surface area contributed by atoms with Gasteiger partial charge in [0.05, 0.1) is 6.61 Å². The molecule has 0 aromatic heterocycles. The molecule has 0 aromatic carbocycles. The van der Waals surface area contributed by atoms with Gasteiger partial charge >= 0.3 is 11.9 Å². The molecule has 6 atom stereocenters. The molecule has 0 bridgehead atoms. The molecule has 0 spiro atoms. The fourth-order valence-corrected chi connectivity index (χ4v) is 7.18. The second-order valence-electron chi connectivity index (χ2n) is 10.1. The Kier molecular flexibility index (Phi) is 6.33. The first-order chi connectivity index (χ1) is 14.4. The lowest BCUT2D eigenvalue weighted by atomic mass is 9.52. The van der Waals surface area contributed by atoms with Gasteiger partial charge in [-0.2, -0.15) is 0 Å². The number of fused-ring (bicyclic) bond motifs is 5. The van der Waals surface area contributed by atoms with Crippen LogP contribution in [0.25, 0.3) is 0 Å². The number of allylic oxidation sites excluding steroid dienone is 1. The number of ether oxygens (including phenoxy) is 2. The van der Waals surface area contributed by atoms with Crippen LogP contribution in [0.2, 0.25) is 0 Å². The molecule has 3 saturated carbocycles. The average Bonchev–Trinajstić information content (AvgIpc) is 3.08. The summed E-state index contributed by atoms with van der Waals surface area (Å²) in [6.07, 6.45) is 11.9. The Morgan fingerprint density at radius 1 is 1.13 bits per heavy atom. The standard InChI is InChI=1S/C24H34O6/c1-24-8-6-19-18-5-3-17(26)11-16(18)2-4-20(19)21(24)10-15(12-24)7-9-29-23(28)14-30-22(27)13-25/h11,15,18-21,25H,2-10,12-14H2,1H3/t15-,18-,19+,20+,21-,24+/m0/s1. The number of aliphatic hydroxyl groups is 1. The molecule has 6 nitrogen and oxygen atoms in total. The third-order valence-corrected chi connectivity index (χ3v) is 8.43. The summed E-state index contributed by atoms with van der Waals surface area (Å²) in [6, 6.07) is 0. The minimum absolute atomic E-state index is 0.321. The van der Waals surface area contributed by atoms with E-state index in [1.54, 1.807) is 0 Å². The van der Waals surface area contributed by atoms with Crippen molar-refractivity contribution in [3.05, 3.63) is 11.6 Å². The highest BCUT2D eigenvalue weighted by atomic mass is 16.6. The van der Waals surface area contributed by atoms with E-state index >= 15 is 0 Å². The topological polar surface area (TPSA) is 89.9 Å². The van der Waals surface area contributed by atoms with Gasteiger partial charge in [0.1, 0.15) is 6.61 Å². The van der Waals surface area contributed by atoms with Crippen molar-refractivity contribution in [1.29, 1.82) is 0 Å². The molecule has 1 N–H and O–H groups in total. The van der Waals surface area contributed by atoms with Crippen LogP contribution >= 0.6 is 0 Å². The van der Waals surface area contributed by atoms with Crippen molar-refractivity contribution < 1.29 is 29.0 Å². The van der Waals surface area contributed by atoms with Gasteiger partial charge in [0.25, 0.3) is 0 Å². The zero-order valence-electron chi connectivity index (χ0n) is 17.9. The van der Waals surface area contributed by atoms with E-state index < -0.39 is 25.2 Å². The fraction of sp³-hybridized carbons (Fsp3) is 0.792. The first-order valence-corrected chi connectivity index (χ1v) is 11.5. The van der Waals surface area contributed by atoms with Crippen molar-refractivity contribution in [2.24, 2.45) is 35.0 Å². The number of hydrogen-bond acceptors (Lipinski definition) is 6. The van der Waals surface area contributed by atoms with Crippen molar-refractivity contribution in [3.8, 4) is 0 Å². The highest BCUT2D eigenvalue weighted by molar-refractivity contribution is 5.91. The van der Waals surface area contributed by atoms with Crippen molar-refractivity contribution in [2.75, 3.05) is 19.8 Å². The first kappa shape index (κ1) is 21.5. The lowest BCUT2D eigenvalue weighted by Gasteiger charge is -2.52. The first-order valence-electron chi connectivity index (χ1n) is 11.5. The van der Waals surface area contributed by atoms with E-state index in [0.717, 1.165) is 43.4 Å². The summed E-state index contributed by atoms with van der Waals surface area (Å²) in [7, 11) is 0. The van der Waals surface area contributed by atoms with Crippen LogP contribution in [-0.4, -0.2) is 42.6 Å². The second-order valence-corrected chi connectivity index (χ2v) is 10.1. The van der Waals surface area contributed by atoms with E-state index in [4.69, 9.17) is 9.84 Å². The predicted octanol–water partition coefficient (Wildman–Crippen LogP) is 3.21. The lowest BCUT2D eigenvalue weighted by molar-refractivity contribution is -0.160. The van der Waals surface area contributed by atoms with Crippen molar-refractivity contribution in [2.45, 2.75) is 64.7 Å². The van der Waals surface area contributed by atoms with Crippen LogP contribution in [-0.2, 0) is 23.9 Å². The molecule has 4 rings (SSSR count). The number of carbonyl (C=O) groups is 3. The molecule has 4 aliphatic rings. The van der Waals surface area contributed by atoms with Crippen LogP contribution in [0.1, 0.15) is 64.7 Å². The fourth-order valence-electron chi connectivity index (χ4n) is 7.18. The zero-order chi connectivity index (χ0) is 21.3. The number of rotatable bonds is 6. The number of ketones is 1. The SMILES string of the molecule is C[C@]12CC[C@H]3[C@@H](CCC4=CC(=O)CC[C@@H]43)[C@@H]1C[C@H](CCOC(=O)COC(=O)CO)C2. The molecule has 166 valence electrons. The quantitative estimate of drug-likeness (QED) is 0.666. The van der Waals surface area contributed by atoms with Gasteiger partial charge in [0.15, 0.2) is 12.4 Å². The van der Waals surface area contributed by atoms with Gasteiger partial charge in [-0.3, -0.25) is 4.79 Å². The minimum atomic E-state index is -0.817. The highest BCUT2D eigenvalue weighted by Crippen LogP contribution is 2.63. The van der Waals surface area contributed by atoms with Crippen molar-refractivity contribution >= 4 is 17.7 Å². The number of aliphatic hydroxyl groups excluding tert-OH is 1. The maximum atomic E-state index is 11.8. The Morgan fingerprint density at radius 2 is 1.97 bits per heavy atom. The average molecular weight is 419 g/mol.